The van der Waals surface area contributed by atoms with E-state index in [4.69, 9.17) is 21.1 Å². The standard InChI is InChI=1S/C26H28N2O2S.3C9H7NO.Al/c1-25(2)9-11-28-12-10-26(3,4)20-21(28)17(25)14-15-13-16(24(29)30-22(15)20)23-27-18-7-5-6-8-19(18)31-23;3*11-8-5-1-3-7-4-2-6-10-9(7)8;/h5-8,14,16H,9-13H2,1-4H3;3*1-6,11H;/q;;;;+3/p-3. The fourth-order valence-electron chi connectivity index (χ4n) is 9.47. The monoisotopic (exact) mass is 891 g/mol. The molecular formula is C53H46AlN5O5S. The molecule has 0 radical (unpaired) electrons. The first-order valence-corrected chi connectivity index (χ1v) is 24.4. The lowest BCUT2D eigenvalue weighted by atomic mass is 9.68. The van der Waals surface area contributed by atoms with E-state index in [0.29, 0.717) is 23.7 Å². The van der Waals surface area contributed by atoms with E-state index in [1.165, 1.54) is 22.4 Å². The van der Waals surface area contributed by atoms with Gasteiger partial charge in [0, 0.05) is 59.1 Å². The smallest absolute Gasteiger partial charge is 0.576 e. The van der Waals surface area contributed by atoms with Crippen LogP contribution in [-0.2, 0) is 22.0 Å². The van der Waals surface area contributed by atoms with Crippen LogP contribution in [0.2, 0.25) is 0 Å². The largest absolute Gasteiger partial charge is 1.20 e. The summed E-state index contributed by atoms with van der Waals surface area (Å²) in [5.74, 6) is 2.16. The second-order valence-corrected chi connectivity index (χ2v) is 20.6. The van der Waals surface area contributed by atoms with E-state index >= 15 is 0 Å². The molecule has 4 aromatic heterocycles. The second kappa shape index (κ2) is 16.4. The molecule has 0 N–H and O–H groups in total. The molecule has 3 aliphatic rings. The van der Waals surface area contributed by atoms with Crippen molar-refractivity contribution < 1.29 is 20.9 Å². The number of fused-ring (bicyclic) bond motifs is 6. The van der Waals surface area contributed by atoms with E-state index in [9.17, 15) is 4.79 Å². The quantitative estimate of drug-likeness (QED) is 0.0871. The van der Waals surface area contributed by atoms with Gasteiger partial charge in [0.25, 0.3) is 0 Å². The van der Waals surface area contributed by atoms with Gasteiger partial charge in [0.05, 0.1) is 10.2 Å². The predicted octanol–water partition coefficient (Wildman–Crippen LogP) is 11.6. The van der Waals surface area contributed by atoms with Crippen molar-refractivity contribution in [1.82, 2.24) is 19.9 Å². The molecule has 1 unspecified atom stereocenters. The predicted molar refractivity (Wildman–Crippen MR) is 259 cm³/mol. The van der Waals surface area contributed by atoms with Crippen LogP contribution in [-0.4, -0.2) is 54.1 Å². The number of nitrogens with zero attached hydrogens (tertiary/aromatic N) is 5. The number of thiazole rings is 1. The number of anilines is 1. The third-order valence-corrected chi connectivity index (χ3v) is 15.5. The molecular weight excluding hydrogens is 846 g/mol. The van der Waals surface area contributed by atoms with Crippen molar-refractivity contribution in [3.05, 3.63) is 162 Å². The molecule has 0 bridgehead atoms. The number of para-hydroxylation sites is 4. The Bertz CT molecular complexity index is 3060. The van der Waals surface area contributed by atoms with Gasteiger partial charge < -0.3 is 21.0 Å². The zero-order chi connectivity index (χ0) is 44.3. The molecule has 12 rings (SSSR count). The summed E-state index contributed by atoms with van der Waals surface area (Å²) in [6.45, 7) is 11.5. The van der Waals surface area contributed by atoms with Gasteiger partial charge in [-0.3, -0.25) is 19.7 Å². The summed E-state index contributed by atoms with van der Waals surface area (Å²) in [5.41, 5.74) is 8.49. The summed E-state index contributed by atoms with van der Waals surface area (Å²) in [6, 6.07) is 39.6. The highest BCUT2D eigenvalue weighted by molar-refractivity contribution is 7.18. The van der Waals surface area contributed by atoms with Crippen molar-refractivity contribution in [2.24, 2.45) is 0 Å². The maximum absolute atomic E-state index is 13.2. The average Bonchev–Trinajstić information content (AvgIpc) is 3.75. The van der Waals surface area contributed by atoms with E-state index in [0.717, 1.165) is 79.6 Å². The molecule has 12 heteroatoms. The Morgan fingerprint density at radius 3 is 1.74 bits per heavy atom. The number of aromatic nitrogens is 4. The van der Waals surface area contributed by atoms with Gasteiger partial charge in [-0.15, -0.1) is 11.3 Å². The SMILES string of the molecule is CC1(C)CCN2CCC(C)(C)c3c4c(cc1c32)CC(c1nc2ccccc2s1)C(=O)O4.c1cnc2c([O][Al]([O]c3cccc4cccnc34)[O]c3cccc4cccnc34)cccc2c1. The minimum Gasteiger partial charge on any atom is -0.576 e. The molecule has 0 fully saturated rings. The van der Waals surface area contributed by atoms with Gasteiger partial charge in [-0.05, 0) is 95.8 Å². The zero-order valence-electron chi connectivity index (χ0n) is 36.7. The summed E-state index contributed by atoms with van der Waals surface area (Å²) in [5, 5.41) is 3.80. The average molecular weight is 892 g/mol. The number of carbonyl (C=O) groups excluding carboxylic acids is 1. The fraction of sp³-hybridized carbons (Fsp3) is 0.226. The lowest BCUT2D eigenvalue weighted by Gasteiger charge is -2.49. The van der Waals surface area contributed by atoms with Crippen molar-refractivity contribution in [3.63, 3.8) is 0 Å². The molecule has 0 aliphatic carbocycles. The van der Waals surface area contributed by atoms with Gasteiger partial charge >= 0.3 is 21.1 Å². The molecule has 322 valence electrons. The number of hydrogen-bond acceptors (Lipinski definition) is 11. The normalized spacial score (nSPS) is 16.8. The second-order valence-electron chi connectivity index (χ2n) is 18.2. The first-order chi connectivity index (χ1) is 31.6. The van der Waals surface area contributed by atoms with Crippen LogP contribution in [0.1, 0.15) is 68.2 Å². The number of carbonyl (C=O) groups is 1. The highest BCUT2D eigenvalue weighted by atomic mass is 32.1. The molecule has 0 spiro atoms. The molecule has 0 saturated carbocycles. The molecule has 10 nitrogen and oxygen atoms in total. The number of pyridine rings is 3. The van der Waals surface area contributed by atoms with Crippen LogP contribution in [0.5, 0.6) is 23.0 Å². The van der Waals surface area contributed by atoms with Gasteiger partial charge in [0.15, 0.2) is 0 Å². The maximum atomic E-state index is 13.2. The van der Waals surface area contributed by atoms with Gasteiger partial charge in [-0.1, -0.05) is 94.4 Å². The van der Waals surface area contributed by atoms with E-state index in [-0.39, 0.29) is 22.7 Å². The van der Waals surface area contributed by atoms with Crippen LogP contribution in [0, 0.1) is 0 Å². The first kappa shape index (κ1) is 41.1. The van der Waals surface area contributed by atoms with Crippen molar-refractivity contribution in [2.75, 3.05) is 18.0 Å². The minimum absolute atomic E-state index is 0.0116. The van der Waals surface area contributed by atoms with Crippen molar-refractivity contribution >= 4 is 81.1 Å². The summed E-state index contributed by atoms with van der Waals surface area (Å²) >= 11 is -1.24. The Labute approximate surface area is 386 Å². The molecule has 65 heavy (non-hydrogen) atoms. The van der Waals surface area contributed by atoms with Gasteiger partial charge in [-0.25, -0.2) is 4.98 Å². The zero-order valence-corrected chi connectivity index (χ0v) is 38.6. The van der Waals surface area contributed by atoms with Crippen molar-refractivity contribution in [2.45, 2.75) is 63.7 Å². The maximum Gasteiger partial charge on any atom is 1.20 e. The lowest BCUT2D eigenvalue weighted by molar-refractivity contribution is -0.137. The summed E-state index contributed by atoms with van der Waals surface area (Å²) in [7, 11) is 0. The summed E-state index contributed by atoms with van der Waals surface area (Å²) in [6.07, 6.45) is 8.14. The molecule has 1 atom stereocenters. The third-order valence-electron chi connectivity index (χ3n) is 13.0. The number of rotatable bonds is 7. The Morgan fingerprint density at radius 1 is 0.662 bits per heavy atom. The van der Waals surface area contributed by atoms with Crippen LogP contribution in [0.25, 0.3) is 42.9 Å². The molecule has 0 saturated heterocycles. The Hall–Kier alpha value is -6.58. The van der Waals surface area contributed by atoms with Gasteiger partial charge in [0.2, 0.25) is 0 Å². The topological polar surface area (TPSA) is 109 Å². The van der Waals surface area contributed by atoms with E-state index in [1.807, 2.05) is 109 Å². The van der Waals surface area contributed by atoms with E-state index in [2.05, 4.69) is 59.7 Å². The lowest BCUT2D eigenvalue weighted by Crippen LogP contribution is -2.45. The molecule has 0 amide bonds. The summed E-state index contributed by atoms with van der Waals surface area (Å²) < 4.78 is 26.5. The Kier molecular flexibility index (Phi) is 10.4. The first-order valence-electron chi connectivity index (χ1n) is 22.1. The van der Waals surface area contributed by atoms with Crippen molar-refractivity contribution in [3.8, 4) is 23.0 Å². The summed E-state index contributed by atoms with van der Waals surface area (Å²) in [4.78, 5) is 34.1. The van der Waals surface area contributed by atoms with E-state index < -0.39 is 15.1 Å². The van der Waals surface area contributed by atoms with Crippen LogP contribution >= 0.6 is 11.3 Å². The third kappa shape index (κ3) is 7.69. The van der Waals surface area contributed by atoms with Crippen LogP contribution < -0.4 is 21.0 Å². The van der Waals surface area contributed by atoms with E-state index in [1.54, 1.807) is 29.9 Å². The molecule has 5 aromatic carbocycles. The van der Waals surface area contributed by atoms with Gasteiger partial charge in [-0.2, -0.15) is 0 Å². The van der Waals surface area contributed by atoms with Crippen LogP contribution in [0.15, 0.2) is 140 Å². The number of ether oxygens (including phenoxy) is 1. The van der Waals surface area contributed by atoms with Gasteiger partial charge in [0.1, 0.15) is 50.5 Å². The minimum atomic E-state index is -2.86. The number of esters is 1. The Balaban J connectivity index is 0.000000145. The number of benzene rings is 5. The van der Waals surface area contributed by atoms with Crippen LogP contribution in [0.3, 0.4) is 0 Å². The molecule has 9 aromatic rings. The highest BCUT2D eigenvalue weighted by Crippen LogP contribution is 2.55. The number of hydrogen-bond donors (Lipinski definition) is 0. The van der Waals surface area contributed by atoms with Crippen molar-refractivity contribution in [1.29, 1.82) is 0 Å². The van der Waals surface area contributed by atoms with Crippen LogP contribution in [0.4, 0.5) is 5.69 Å². The Morgan fingerprint density at radius 2 is 1.18 bits per heavy atom. The molecule has 3 aliphatic heterocycles. The molecule has 7 heterocycles. The fourth-order valence-corrected chi connectivity index (χ4v) is 11.9. The highest BCUT2D eigenvalue weighted by Gasteiger charge is 2.47.